The highest BCUT2D eigenvalue weighted by atomic mass is 16.1. The summed E-state index contributed by atoms with van der Waals surface area (Å²) in [4.78, 5) is 17.4. The quantitative estimate of drug-likeness (QED) is 0.619. The van der Waals surface area contributed by atoms with Crippen molar-refractivity contribution in [2.24, 2.45) is 0 Å². The Hall–Kier alpha value is -1.12. The van der Waals surface area contributed by atoms with Gasteiger partial charge >= 0.3 is 0 Å². The summed E-state index contributed by atoms with van der Waals surface area (Å²) in [5.41, 5.74) is 0.783. The van der Waals surface area contributed by atoms with Crippen molar-refractivity contribution in [2.75, 3.05) is 0 Å². The molecule has 1 heterocycles. The van der Waals surface area contributed by atoms with Crippen LogP contribution in [-0.4, -0.2) is 9.97 Å². The van der Waals surface area contributed by atoms with Gasteiger partial charge in [-0.3, -0.25) is 4.79 Å². The maximum atomic E-state index is 10.8. The number of aryl methyl sites for hydroxylation is 2. The van der Waals surface area contributed by atoms with E-state index in [4.69, 9.17) is 0 Å². The molecule has 0 saturated heterocycles. The Bertz CT molecular complexity index is 277. The second-order valence-corrected chi connectivity index (χ2v) is 2.18. The van der Waals surface area contributed by atoms with E-state index in [9.17, 15) is 4.79 Å². The van der Waals surface area contributed by atoms with Gasteiger partial charge in [-0.2, -0.15) is 0 Å². The van der Waals surface area contributed by atoms with Crippen molar-refractivity contribution in [1.29, 1.82) is 0 Å². The number of nitrogens with zero attached hydrogens (tertiary/aromatic N) is 1. The minimum Gasteiger partial charge on any atom is -0.311 e. The number of hydrogen-bond donors (Lipinski definition) is 1. The van der Waals surface area contributed by atoms with Crippen molar-refractivity contribution < 1.29 is 0 Å². The fourth-order valence-electron chi connectivity index (χ4n) is 0.822. The predicted molar refractivity (Wildman–Crippen MR) is 39.0 cm³/mol. The molecule has 0 aromatic carbocycles. The lowest BCUT2D eigenvalue weighted by molar-refractivity contribution is 0.929. The molecule has 1 rings (SSSR count). The summed E-state index contributed by atoms with van der Waals surface area (Å²) in [6, 6.07) is 1.52. The van der Waals surface area contributed by atoms with Crippen molar-refractivity contribution in [3.05, 3.63) is 27.9 Å². The Balaban J connectivity index is 3.19. The van der Waals surface area contributed by atoms with Gasteiger partial charge in [0, 0.05) is 11.8 Å². The number of aromatic nitrogens is 2. The van der Waals surface area contributed by atoms with E-state index in [0.717, 1.165) is 12.1 Å². The molecule has 1 aromatic heterocycles. The molecule has 1 aromatic rings. The van der Waals surface area contributed by atoms with Gasteiger partial charge in [-0.25, -0.2) is 4.98 Å². The minimum atomic E-state index is -0.0654. The first-order valence-electron chi connectivity index (χ1n) is 3.29. The van der Waals surface area contributed by atoms with E-state index < -0.39 is 0 Å². The Kier molecular flexibility index (Phi) is 1.85. The van der Waals surface area contributed by atoms with Crippen LogP contribution in [0.25, 0.3) is 0 Å². The first-order chi connectivity index (χ1) is 4.72. The third-order valence-electron chi connectivity index (χ3n) is 1.28. The molecule has 0 aliphatic heterocycles. The molecule has 0 unspecified atom stereocenters. The number of aromatic amines is 1. The normalized spacial score (nSPS) is 9.80. The average Bonchev–Trinajstić information content (AvgIpc) is 1.85. The Morgan fingerprint density at radius 2 is 2.40 bits per heavy atom. The van der Waals surface area contributed by atoms with Gasteiger partial charge < -0.3 is 4.98 Å². The van der Waals surface area contributed by atoms with Crippen LogP contribution in [0.5, 0.6) is 0 Å². The number of nitrogens with one attached hydrogen (secondary N) is 1. The number of H-pyrrole nitrogens is 1. The molecular formula is C7H10N2O. The Morgan fingerprint density at radius 3 is 2.90 bits per heavy atom. The van der Waals surface area contributed by atoms with Gasteiger partial charge in [0.15, 0.2) is 0 Å². The van der Waals surface area contributed by atoms with E-state index >= 15 is 0 Å². The molecule has 1 N–H and O–H groups in total. The lowest BCUT2D eigenvalue weighted by atomic mass is 10.3. The van der Waals surface area contributed by atoms with Crippen LogP contribution in [0.1, 0.15) is 18.4 Å². The second-order valence-electron chi connectivity index (χ2n) is 2.18. The summed E-state index contributed by atoms with van der Waals surface area (Å²) in [5.74, 6) is 0.685. The average molecular weight is 138 g/mol. The van der Waals surface area contributed by atoms with Crippen molar-refractivity contribution >= 4 is 0 Å². The van der Waals surface area contributed by atoms with Crippen LogP contribution in [0.2, 0.25) is 0 Å². The molecule has 0 radical (unpaired) electrons. The molecule has 0 amide bonds. The second kappa shape index (κ2) is 2.64. The van der Waals surface area contributed by atoms with E-state index in [1.54, 1.807) is 6.92 Å². The Morgan fingerprint density at radius 1 is 1.70 bits per heavy atom. The van der Waals surface area contributed by atoms with Gasteiger partial charge in [0.1, 0.15) is 5.82 Å². The molecule has 54 valence electrons. The summed E-state index contributed by atoms with van der Waals surface area (Å²) in [6.07, 6.45) is 0.810. The largest absolute Gasteiger partial charge is 0.311 e. The highest BCUT2D eigenvalue weighted by Gasteiger charge is 1.92. The smallest absolute Gasteiger partial charge is 0.251 e. The van der Waals surface area contributed by atoms with E-state index in [0.29, 0.717) is 5.82 Å². The van der Waals surface area contributed by atoms with Crippen LogP contribution in [-0.2, 0) is 6.42 Å². The van der Waals surface area contributed by atoms with Crippen molar-refractivity contribution in [1.82, 2.24) is 9.97 Å². The van der Waals surface area contributed by atoms with Gasteiger partial charge in [-0.05, 0) is 13.3 Å². The third kappa shape index (κ3) is 1.43. The van der Waals surface area contributed by atoms with Crippen LogP contribution < -0.4 is 5.56 Å². The summed E-state index contributed by atoms with van der Waals surface area (Å²) < 4.78 is 0. The SMILES string of the molecule is CCc1cc(=O)[nH]c(C)n1. The monoisotopic (exact) mass is 138 g/mol. The van der Waals surface area contributed by atoms with Gasteiger partial charge in [0.2, 0.25) is 0 Å². The lowest BCUT2D eigenvalue weighted by Crippen LogP contribution is -2.09. The molecule has 0 bridgehead atoms. The van der Waals surface area contributed by atoms with E-state index in [1.807, 2.05) is 6.92 Å². The molecule has 0 aliphatic carbocycles. The van der Waals surface area contributed by atoms with Crippen molar-refractivity contribution in [2.45, 2.75) is 20.3 Å². The minimum absolute atomic E-state index is 0.0654. The van der Waals surface area contributed by atoms with Gasteiger partial charge in [-0.15, -0.1) is 0 Å². The number of hydrogen-bond acceptors (Lipinski definition) is 2. The van der Waals surface area contributed by atoms with Crippen LogP contribution in [0.4, 0.5) is 0 Å². The molecule has 0 aliphatic rings. The van der Waals surface area contributed by atoms with Crippen LogP contribution in [0.15, 0.2) is 10.9 Å². The molecule has 3 heteroatoms. The molecule has 3 nitrogen and oxygen atoms in total. The highest BCUT2D eigenvalue weighted by Crippen LogP contribution is 1.89. The fourth-order valence-corrected chi connectivity index (χ4v) is 0.822. The zero-order valence-electron chi connectivity index (χ0n) is 6.14. The lowest BCUT2D eigenvalue weighted by Gasteiger charge is -1.94. The van der Waals surface area contributed by atoms with Crippen LogP contribution >= 0.6 is 0 Å². The van der Waals surface area contributed by atoms with Gasteiger partial charge in [0.25, 0.3) is 5.56 Å². The molecule has 0 atom stereocenters. The fraction of sp³-hybridized carbons (Fsp3) is 0.429. The number of rotatable bonds is 1. The van der Waals surface area contributed by atoms with E-state index in [2.05, 4.69) is 9.97 Å². The third-order valence-corrected chi connectivity index (χ3v) is 1.28. The van der Waals surface area contributed by atoms with Crippen LogP contribution in [0.3, 0.4) is 0 Å². The van der Waals surface area contributed by atoms with Crippen LogP contribution in [0, 0.1) is 6.92 Å². The van der Waals surface area contributed by atoms with Crippen molar-refractivity contribution in [3.63, 3.8) is 0 Å². The zero-order chi connectivity index (χ0) is 7.56. The van der Waals surface area contributed by atoms with E-state index in [-0.39, 0.29) is 5.56 Å². The first-order valence-corrected chi connectivity index (χ1v) is 3.29. The summed E-state index contributed by atoms with van der Waals surface area (Å²) in [7, 11) is 0. The Labute approximate surface area is 59.1 Å². The molecule has 0 fully saturated rings. The predicted octanol–water partition coefficient (Wildman–Crippen LogP) is 0.641. The zero-order valence-corrected chi connectivity index (χ0v) is 6.14. The summed E-state index contributed by atoms with van der Waals surface area (Å²) in [5, 5.41) is 0. The maximum absolute atomic E-state index is 10.8. The molecular weight excluding hydrogens is 128 g/mol. The van der Waals surface area contributed by atoms with Crippen molar-refractivity contribution in [3.8, 4) is 0 Å². The highest BCUT2D eigenvalue weighted by molar-refractivity contribution is 5.01. The first kappa shape index (κ1) is 6.99. The maximum Gasteiger partial charge on any atom is 0.251 e. The molecule has 10 heavy (non-hydrogen) atoms. The van der Waals surface area contributed by atoms with Gasteiger partial charge in [-0.1, -0.05) is 6.92 Å². The topological polar surface area (TPSA) is 45.8 Å². The molecule has 0 spiro atoms. The van der Waals surface area contributed by atoms with E-state index in [1.165, 1.54) is 6.07 Å². The summed E-state index contributed by atoms with van der Waals surface area (Å²) >= 11 is 0. The van der Waals surface area contributed by atoms with Gasteiger partial charge in [0.05, 0.1) is 0 Å². The molecule has 0 saturated carbocycles. The summed E-state index contributed by atoms with van der Waals surface area (Å²) in [6.45, 7) is 3.75. The standard InChI is InChI=1S/C7H10N2O/c1-3-6-4-7(10)9-5(2)8-6/h4H,3H2,1-2H3,(H,8,9,10).